The van der Waals surface area contributed by atoms with Crippen LogP contribution in [0, 0.1) is 0 Å². The molecule has 7 nitrogen and oxygen atoms in total. The molecule has 1 N–H and O–H groups in total. The van der Waals surface area contributed by atoms with Crippen LogP contribution in [0.2, 0.25) is 0 Å². The second-order valence-corrected chi connectivity index (χ2v) is 10.7. The standard InChI is InChI=1S/C26H37N3O4/c1-26(2,3)33-25(32)29-16-12-21(13-17-29)28-14-10-19(11-15-28)18-4-6-20(7-5-18)22-8-9-23(30)27-24(22)31/h4-7,19,21-22H,8-17H2,1-3H3,(H,27,30,31)/t22-/m1/s1. The minimum absolute atomic E-state index is 0.171. The summed E-state index contributed by atoms with van der Waals surface area (Å²) in [5.41, 5.74) is 1.89. The van der Waals surface area contributed by atoms with Crippen molar-refractivity contribution in [2.24, 2.45) is 0 Å². The Balaban J connectivity index is 1.24. The van der Waals surface area contributed by atoms with E-state index in [1.807, 2.05) is 25.7 Å². The van der Waals surface area contributed by atoms with Crippen molar-refractivity contribution >= 4 is 17.9 Å². The number of rotatable bonds is 3. The maximum atomic E-state index is 12.3. The molecule has 0 aromatic heterocycles. The maximum absolute atomic E-state index is 12.3. The molecule has 3 aliphatic heterocycles. The highest BCUT2D eigenvalue weighted by molar-refractivity contribution is 6.00. The second-order valence-electron chi connectivity index (χ2n) is 10.7. The van der Waals surface area contributed by atoms with Crippen molar-refractivity contribution in [2.75, 3.05) is 26.2 Å². The first-order valence-electron chi connectivity index (χ1n) is 12.3. The zero-order valence-electron chi connectivity index (χ0n) is 20.1. The summed E-state index contributed by atoms with van der Waals surface area (Å²) in [6, 6.07) is 9.00. The van der Waals surface area contributed by atoms with Gasteiger partial charge >= 0.3 is 6.09 Å². The predicted molar refractivity (Wildman–Crippen MR) is 126 cm³/mol. The molecule has 7 heteroatoms. The number of likely N-dealkylation sites (tertiary alicyclic amines) is 2. The van der Waals surface area contributed by atoms with Crippen LogP contribution in [0.25, 0.3) is 0 Å². The Hall–Kier alpha value is -2.41. The van der Waals surface area contributed by atoms with Crippen molar-refractivity contribution in [2.45, 2.75) is 82.8 Å². The van der Waals surface area contributed by atoms with Crippen molar-refractivity contribution in [3.8, 4) is 0 Å². The van der Waals surface area contributed by atoms with Crippen LogP contribution in [-0.4, -0.2) is 65.5 Å². The monoisotopic (exact) mass is 455 g/mol. The van der Waals surface area contributed by atoms with E-state index in [-0.39, 0.29) is 23.8 Å². The number of hydrogen-bond donors (Lipinski definition) is 1. The number of nitrogens with one attached hydrogen (secondary N) is 1. The van der Waals surface area contributed by atoms with Crippen molar-refractivity contribution in [3.63, 3.8) is 0 Å². The summed E-state index contributed by atoms with van der Waals surface area (Å²) in [7, 11) is 0. The Kier molecular flexibility index (Phi) is 7.07. The molecule has 0 unspecified atom stereocenters. The number of imide groups is 1. The summed E-state index contributed by atoms with van der Waals surface area (Å²) < 4.78 is 5.51. The predicted octanol–water partition coefficient (Wildman–Crippen LogP) is 3.79. The molecule has 3 amide bonds. The van der Waals surface area contributed by atoms with Crippen LogP contribution in [0.5, 0.6) is 0 Å². The Labute approximate surface area is 196 Å². The first-order chi connectivity index (χ1) is 15.7. The number of hydrogen-bond acceptors (Lipinski definition) is 5. The lowest BCUT2D eigenvalue weighted by atomic mass is 9.85. The summed E-state index contributed by atoms with van der Waals surface area (Å²) in [5.74, 6) is -0.0239. The number of ether oxygens (including phenoxy) is 1. The first kappa shape index (κ1) is 23.7. The number of piperidine rings is 3. The lowest BCUT2D eigenvalue weighted by Gasteiger charge is -2.42. The largest absolute Gasteiger partial charge is 0.444 e. The molecule has 3 fully saturated rings. The van der Waals surface area contributed by atoms with E-state index in [1.54, 1.807) is 0 Å². The van der Waals surface area contributed by atoms with Gasteiger partial charge in [0.05, 0.1) is 5.92 Å². The van der Waals surface area contributed by atoms with E-state index in [4.69, 9.17) is 4.74 Å². The molecule has 4 rings (SSSR count). The number of carbonyl (C=O) groups excluding carboxylic acids is 3. The number of benzene rings is 1. The third-order valence-electron chi connectivity index (χ3n) is 7.21. The Morgan fingerprint density at radius 2 is 1.52 bits per heavy atom. The lowest BCUT2D eigenvalue weighted by Crippen LogP contribution is -2.49. The average Bonchev–Trinajstić information content (AvgIpc) is 2.78. The fourth-order valence-electron chi connectivity index (χ4n) is 5.35. The van der Waals surface area contributed by atoms with Gasteiger partial charge in [0.15, 0.2) is 0 Å². The smallest absolute Gasteiger partial charge is 0.410 e. The van der Waals surface area contributed by atoms with E-state index >= 15 is 0 Å². The summed E-state index contributed by atoms with van der Waals surface area (Å²) in [6.45, 7) is 9.41. The van der Waals surface area contributed by atoms with Crippen molar-refractivity contribution in [1.29, 1.82) is 0 Å². The summed E-state index contributed by atoms with van der Waals surface area (Å²) in [5, 5.41) is 2.45. The van der Waals surface area contributed by atoms with Crippen molar-refractivity contribution < 1.29 is 19.1 Å². The van der Waals surface area contributed by atoms with Crippen molar-refractivity contribution in [1.82, 2.24) is 15.1 Å². The molecule has 33 heavy (non-hydrogen) atoms. The minimum atomic E-state index is -0.449. The molecule has 0 saturated carbocycles. The van der Waals surface area contributed by atoms with Gasteiger partial charge in [0.2, 0.25) is 11.8 Å². The quantitative estimate of drug-likeness (QED) is 0.702. The number of carbonyl (C=O) groups is 3. The van der Waals surface area contributed by atoms with Crippen LogP contribution >= 0.6 is 0 Å². The fourth-order valence-corrected chi connectivity index (χ4v) is 5.35. The van der Waals surface area contributed by atoms with E-state index < -0.39 is 5.60 Å². The van der Waals surface area contributed by atoms with Crippen molar-refractivity contribution in [3.05, 3.63) is 35.4 Å². The average molecular weight is 456 g/mol. The molecule has 1 aromatic rings. The van der Waals surface area contributed by atoms with Gasteiger partial charge in [0.25, 0.3) is 0 Å². The van der Waals surface area contributed by atoms with Crippen LogP contribution in [0.4, 0.5) is 4.79 Å². The highest BCUT2D eigenvalue weighted by Gasteiger charge is 2.32. The normalized spacial score (nSPS) is 24.0. The van der Waals surface area contributed by atoms with Crippen LogP contribution in [-0.2, 0) is 14.3 Å². The molecule has 0 spiro atoms. The molecule has 0 bridgehead atoms. The molecular weight excluding hydrogens is 418 g/mol. The van der Waals surface area contributed by atoms with Gasteiger partial charge in [-0.25, -0.2) is 4.79 Å². The Bertz CT molecular complexity index is 861. The van der Waals surface area contributed by atoms with E-state index in [0.717, 1.165) is 57.4 Å². The lowest BCUT2D eigenvalue weighted by molar-refractivity contribution is -0.134. The minimum Gasteiger partial charge on any atom is -0.444 e. The third-order valence-corrected chi connectivity index (χ3v) is 7.21. The van der Waals surface area contributed by atoms with E-state index in [2.05, 4.69) is 34.5 Å². The molecule has 3 aliphatic rings. The van der Waals surface area contributed by atoms with Gasteiger partial charge in [-0.3, -0.25) is 14.9 Å². The van der Waals surface area contributed by atoms with E-state index in [1.165, 1.54) is 5.56 Å². The van der Waals surface area contributed by atoms with Gasteiger partial charge in [-0.1, -0.05) is 24.3 Å². The number of amides is 3. The Morgan fingerprint density at radius 3 is 2.09 bits per heavy atom. The highest BCUT2D eigenvalue weighted by atomic mass is 16.6. The zero-order valence-corrected chi connectivity index (χ0v) is 20.1. The van der Waals surface area contributed by atoms with E-state index in [0.29, 0.717) is 24.8 Å². The van der Waals surface area contributed by atoms with Gasteiger partial charge < -0.3 is 14.5 Å². The van der Waals surface area contributed by atoms with Crippen LogP contribution in [0.15, 0.2) is 24.3 Å². The Morgan fingerprint density at radius 1 is 0.909 bits per heavy atom. The third kappa shape index (κ3) is 5.94. The molecular formula is C26H37N3O4. The SMILES string of the molecule is CC(C)(C)OC(=O)N1CCC(N2CCC(c3ccc([C@H]4CCC(=O)NC4=O)cc3)CC2)CC1. The van der Waals surface area contributed by atoms with E-state index in [9.17, 15) is 14.4 Å². The van der Waals surface area contributed by atoms with Crippen LogP contribution in [0.3, 0.4) is 0 Å². The molecule has 0 aliphatic carbocycles. The maximum Gasteiger partial charge on any atom is 0.410 e. The second kappa shape index (κ2) is 9.84. The molecule has 1 aromatic carbocycles. The van der Waals surface area contributed by atoms with Gasteiger partial charge in [-0.15, -0.1) is 0 Å². The van der Waals surface area contributed by atoms with Gasteiger partial charge in [-0.05, 0) is 83.0 Å². The van der Waals surface area contributed by atoms with Crippen LogP contribution < -0.4 is 5.32 Å². The molecule has 1 atom stereocenters. The van der Waals surface area contributed by atoms with Gasteiger partial charge in [-0.2, -0.15) is 0 Å². The highest BCUT2D eigenvalue weighted by Crippen LogP contribution is 2.32. The topological polar surface area (TPSA) is 79.0 Å². The number of nitrogens with zero attached hydrogens (tertiary/aromatic N) is 2. The van der Waals surface area contributed by atoms with Gasteiger partial charge in [0.1, 0.15) is 5.60 Å². The van der Waals surface area contributed by atoms with Gasteiger partial charge in [0, 0.05) is 25.6 Å². The zero-order chi connectivity index (χ0) is 23.6. The molecule has 0 radical (unpaired) electrons. The molecule has 3 heterocycles. The fraction of sp³-hybridized carbons (Fsp3) is 0.654. The molecule has 3 saturated heterocycles. The summed E-state index contributed by atoms with van der Waals surface area (Å²) in [4.78, 5) is 40.3. The first-order valence-corrected chi connectivity index (χ1v) is 12.3. The molecule has 180 valence electrons. The summed E-state index contributed by atoms with van der Waals surface area (Å²) in [6.07, 6.45) is 5.08. The van der Waals surface area contributed by atoms with Crippen LogP contribution in [0.1, 0.15) is 82.3 Å². The summed E-state index contributed by atoms with van der Waals surface area (Å²) >= 11 is 0.